The molecule has 0 spiro atoms. The Morgan fingerprint density at radius 2 is 1.72 bits per heavy atom. The monoisotopic (exact) mass is 344 g/mol. The maximum atomic E-state index is 12.1. The molecule has 2 unspecified atom stereocenters. The van der Waals surface area contributed by atoms with Gasteiger partial charge in [-0.15, -0.1) is 0 Å². The quantitative estimate of drug-likeness (QED) is 0.661. The first-order chi connectivity index (χ1) is 11.8. The largest absolute Gasteiger partial charge is 0.444 e. The van der Waals surface area contributed by atoms with E-state index in [1.165, 1.54) is 5.56 Å². The van der Waals surface area contributed by atoms with E-state index < -0.39 is 5.60 Å². The fourth-order valence-corrected chi connectivity index (χ4v) is 3.08. The van der Waals surface area contributed by atoms with E-state index in [1.54, 1.807) is 4.90 Å². The normalized spacial score (nSPS) is 24.2. The van der Waals surface area contributed by atoms with Gasteiger partial charge in [-0.05, 0) is 32.8 Å². The van der Waals surface area contributed by atoms with Crippen LogP contribution in [-0.2, 0) is 4.74 Å². The van der Waals surface area contributed by atoms with Crippen molar-refractivity contribution in [1.82, 2.24) is 9.80 Å². The lowest BCUT2D eigenvalue weighted by molar-refractivity contribution is 0.0186. The second-order valence-corrected chi connectivity index (χ2v) is 7.76. The van der Waals surface area contributed by atoms with Gasteiger partial charge < -0.3 is 20.3 Å². The van der Waals surface area contributed by atoms with E-state index in [-0.39, 0.29) is 12.1 Å². The number of rotatable bonds is 2. The summed E-state index contributed by atoms with van der Waals surface area (Å²) < 4.78 is 5.42. The number of carbonyl (C=O) groups is 1. The first kappa shape index (κ1) is 17.6. The summed E-state index contributed by atoms with van der Waals surface area (Å²) in [4.78, 5) is 20.6. The maximum Gasteiger partial charge on any atom is 0.410 e. The molecule has 1 aromatic rings. The number of carbonyl (C=O) groups excluding carboxylic acids is 1. The van der Waals surface area contributed by atoms with Gasteiger partial charge in [0.05, 0.1) is 6.04 Å². The number of benzene rings is 1. The van der Waals surface area contributed by atoms with E-state index in [4.69, 9.17) is 10.5 Å². The van der Waals surface area contributed by atoms with Crippen molar-refractivity contribution >= 4 is 12.1 Å². The molecule has 0 radical (unpaired) electrons. The van der Waals surface area contributed by atoms with Crippen LogP contribution in [0.4, 0.5) is 4.79 Å². The molecule has 2 aliphatic rings. The van der Waals surface area contributed by atoms with Gasteiger partial charge in [-0.25, -0.2) is 9.79 Å². The van der Waals surface area contributed by atoms with E-state index >= 15 is 0 Å². The second-order valence-electron chi connectivity index (χ2n) is 7.76. The predicted molar refractivity (Wildman–Crippen MR) is 98.6 cm³/mol. The number of nitrogens with two attached hydrogens (primary N) is 1. The Morgan fingerprint density at radius 1 is 1.12 bits per heavy atom. The molecule has 136 valence electrons. The number of hydrogen-bond donors (Lipinski definition) is 1. The molecule has 1 saturated heterocycles. The third-order valence-electron chi connectivity index (χ3n) is 4.54. The van der Waals surface area contributed by atoms with E-state index in [2.05, 4.69) is 34.2 Å². The third-order valence-corrected chi connectivity index (χ3v) is 4.54. The minimum Gasteiger partial charge on any atom is -0.444 e. The van der Waals surface area contributed by atoms with Gasteiger partial charge in [-0.2, -0.15) is 0 Å². The molecule has 1 saturated carbocycles. The Morgan fingerprint density at radius 3 is 2.32 bits per heavy atom. The summed E-state index contributed by atoms with van der Waals surface area (Å²) in [6, 6.07) is 10.7. The molecule has 0 bridgehead atoms. The lowest BCUT2D eigenvalue weighted by atomic mass is 10.1. The number of aliphatic imine (C=N–C) groups is 1. The van der Waals surface area contributed by atoms with Crippen molar-refractivity contribution in [2.45, 2.75) is 44.8 Å². The van der Waals surface area contributed by atoms with E-state index in [9.17, 15) is 4.79 Å². The Labute approximate surface area is 149 Å². The summed E-state index contributed by atoms with van der Waals surface area (Å²) in [7, 11) is 0. The highest BCUT2D eigenvalue weighted by Gasteiger charge is 2.39. The Bertz CT molecular complexity index is 631. The van der Waals surface area contributed by atoms with Crippen LogP contribution in [-0.4, -0.2) is 59.7 Å². The summed E-state index contributed by atoms with van der Waals surface area (Å²) in [5.74, 6) is 1.08. The third kappa shape index (κ3) is 4.65. The summed E-state index contributed by atoms with van der Waals surface area (Å²) in [6.45, 7) is 8.24. The molecule has 1 aliphatic carbocycles. The van der Waals surface area contributed by atoms with Crippen LogP contribution in [0.3, 0.4) is 0 Å². The number of nitrogens with zero attached hydrogens (tertiary/aromatic N) is 3. The molecule has 1 aliphatic heterocycles. The lowest BCUT2D eigenvalue weighted by Gasteiger charge is -2.36. The van der Waals surface area contributed by atoms with Crippen molar-refractivity contribution in [3.05, 3.63) is 35.9 Å². The van der Waals surface area contributed by atoms with Crippen LogP contribution in [0.1, 0.15) is 38.7 Å². The van der Waals surface area contributed by atoms with Gasteiger partial charge in [0.2, 0.25) is 0 Å². The molecule has 1 aromatic carbocycles. The van der Waals surface area contributed by atoms with Crippen molar-refractivity contribution in [2.24, 2.45) is 10.7 Å². The van der Waals surface area contributed by atoms with Gasteiger partial charge in [0.25, 0.3) is 0 Å². The summed E-state index contributed by atoms with van der Waals surface area (Å²) >= 11 is 0. The molecule has 2 atom stereocenters. The molecule has 2 fully saturated rings. The first-order valence-electron chi connectivity index (χ1n) is 8.94. The highest BCUT2D eigenvalue weighted by atomic mass is 16.6. The van der Waals surface area contributed by atoms with Crippen LogP contribution in [0.15, 0.2) is 35.3 Å². The summed E-state index contributed by atoms with van der Waals surface area (Å²) in [5.41, 5.74) is 7.06. The van der Waals surface area contributed by atoms with Gasteiger partial charge in [0, 0.05) is 32.1 Å². The molecular weight excluding hydrogens is 316 g/mol. The highest BCUT2D eigenvalue weighted by molar-refractivity contribution is 5.79. The van der Waals surface area contributed by atoms with Crippen LogP contribution in [0.5, 0.6) is 0 Å². The van der Waals surface area contributed by atoms with Gasteiger partial charge in [-0.3, -0.25) is 0 Å². The zero-order valence-corrected chi connectivity index (χ0v) is 15.3. The lowest BCUT2D eigenvalue weighted by Crippen LogP contribution is -2.53. The van der Waals surface area contributed by atoms with Crippen LogP contribution in [0.2, 0.25) is 0 Å². The van der Waals surface area contributed by atoms with E-state index in [0.717, 1.165) is 6.42 Å². The van der Waals surface area contributed by atoms with Crippen LogP contribution >= 0.6 is 0 Å². The topological polar surface area (TPSA) is 71.2 Å². The molecular formula is C19H28N4O2. The zero-order valence-electron chi connectivity index (χ0n) is 15.3. The average Bonchev–Trinajstić information content (AvgIpc) is 3.33. The van der Waals surface area contributed by atoms with Crippen LogP contribution < -0.4 is 5.73 Å². The first-order valence-corrected chi connectivity index (χ1v) is 8.94. The number of guanidine groups is 1. The molecule has 1 amide bonds. The maximum absolute atomic E-state index is 12.1. The fraction of sp³-hybridized carbons (Fsp3) is 0.579. The van der Waals surface area contributed by atoms with Gasteiger partial charge >= 0.3 is 6.09 Å². The SMILES string of the molecule is CC(C)(C)OC(=O)N1CCN(C(N)=NC2CC2c2ccccc2)CC1. The zero-order chi connectivity index (χ0) is 18.0. The van der Waals surface area contributed by atoms with Gasteiger partial charge in [0.15, 0.2) is 5.96 Å². The van der Waals surface area contributed by atoms with Crippen molar-refractivity contribution in [1.29, 1.82) is 0 Å². The van der Waals surface area contributed by atoms with Crippen molar-refractivity contribution < 1.29 is 9.53 Å². The van der Waals surface area contributed by atoms with Crippen molar-refractivity contribution in [3.63, 3.8) is 0 Å². The van der Waals surface area contributed by atoms with Crippen molar-refractivity contribution in [2.75, 3.05) is 26.2 Å². The van der Waals surface area contributed by atoms with Gasteiger partial charge in [0.1, 0.15) is 5.60 Å². The molecule has 3 rings (SSSR count). The predicted octanol–water partition coefficient (Wildman–Crippen LogP) is 2.41. The minimum absolute atomic E-state index is 0.256. The second kappa shape index (κ2) is 6.94. The van der Waals surface area contributed by atoms with Crippen LogP contribution in [0.25, 0.3) is 0 Å². The molecule has 1 heterocycles. The minimum atomic E-state index is -0.465. The number of amides is 1. The van der Waals surface area contributed by atoms with Gasteiger partial charge in [-0.1, -0.05) is 30.3 Å². The number of hydrogen-bond acceptors (Lipinski definition) is 3. The Balaban J connectivity index is 1.49. The smallest absolute Gasteiger partial charge is 0.410 e. The van der Waals surface area contributed by atoms with E-state index in [1.807, 2.05) is 26.8 Å². The molecule has 6 nitrogen and oxygen atoms in total. The summed E-state index contributed by atoms with van der Waals surface area (Å²) in [5, 5.41) is 0. The van der Waals surface area contributed by atoms with Crippen LogP contribution in [0, 0.1) is 0 Å². The standard InChI is InChI=1S/C19H28N4O2/c1-19(2,3)25-18(24)23-11-9-22(10-12-23)17(20)21-16-13-15(16)14-7-5-4-6-8-14/h4-8,15-16H,9-13H2,1-3H3,(H2,20,21). The Kier molecular flexibility index (Phi) is 4.88. The molecule has 0 aromatic heterocycles. The molecule has 2 N–H and O–H groups in total. The molecule has 25 heavy (non-hydrogen) atoms. The summed E-state index contributed by atoms with van der Waals surface area (Å²) in [6.07, 6.45) is 0.803. The highest BCUT2D eigenvalue weighted by Crippen LogP contribution is 2.43. The number of ether oxygens (including phenoxy) is 1. The Hall–Kier alpha value is -2.24. The molecule has 6 heteroatoms. The average molecular weight is 344 g/mol. The van der Waals surface area contributed by atoms with E-state index in [0.29, 0.717) is 38.1 Å². The van der Waals surface area contributed by atoms with Crippen molar-refractivity contribution in [3.8, 4) is 0 Å². The fourth-order valence-electron chi connectivity index (χ4n) is 3.08. The number of piperazine rings is 1.